The molecule has 0 saturated heterocycles. The molecule has 124 valence electrons. The van der Waals surface area contributed by atoms with E-state index in [-0.39, 0.29) is 12.1 Å². The normalized spacial score (nSPS) is 16.3. The lowest BCUT2D eigenvalue weighted by atomic mass is 10.0. The van der Waals surface area contributed by atoms with Gasteiger partial charge < -0.3 is 5.32 Å². The number of amides is 1. The molecule has 4 rings (SSSR count). The van der Waals surface area contributed by atoms with Gasteiger partial charge in [0.1, 0.15) is 6.17 Å². The van der Waals surface area contributed by atoms with Crippen LogP contribution in [0.1, 0.15) is 34.6 Å². The zero-order valence-corrected chi connectivity index (χ0v) is 14.1. The van der Waals surface area contributed by atoms with E-state index in [1.54, 1.807) is 0 Å². The molecule has 1 atom stereocenters. The van der Waals surface area contributed by atoms with Crippen LogP contribution in [-0.2, 0) is 6.42 Å². The molecule has 1 aliphatic heterocycles. The van der Waals surface area contributed by atoms with Gasteiger partial charge in [-0.25, -0.2) is 0 Å². The van der Waals surface area contributed by atoms with Crippen molar-refractivity contribution in [2.45, 2.75) is 19.5 Å². The molecule has 25 heavy (non-hydrogen) atoms. The highest BCUT2D eigenvalue weighted by molar-refractivity contribution is 6.12. The quantitative estimate of drug-likeness (QED) is 0.732. The maximum atomic E-state index is 13.2. The summed E-state index contributed by atoms with van der Waals surface area (Å²) in [6.07, 6.45) is 0.776. The fourth-order valence-corrected chi connectivity index (χ4v) is 3.28. The summed E-state index contributed by atoms with van der Waals surface area (Å²) in [7, 11) is 0. The molecule has 0 unspecified atom stereocenters. The smallest absolute Gasteiger partial charge is 0.262 e. The Balaban J connectivity index is 1.82. The molecular formula is C22H20N2O. The summed E-state index contributed by atoms with van der Waals surface area (Å²) in [6, 6.07) is 26.0. The van der Waals surface area contributed by atoms with E-state index in [2.05, 4.69) is 36.5 Å². The number of hydrogen-bond acceptors (Lipinski definition) is 2. The maximum absolute atomic E-state index is 13.2. The number of rotatable bonds is 3. The minimum absolute atomic E-state index is 0.0186. The van der Waals surface area contributed by atoms with Crippen molar-refractivity contribution in [1.82, 2.24) is 0 Å². The first-order chi connectivity index (χ1) is 12.3. The van der Waals surface area contributed by atoms with Crippen molar-refractivity contribution in [3.63, 3.8) is 0 Å². The Morgan fingerprint density at radius 1 is 0.880 bits per heavy atom. The van der Waals surface area contributed by atoms with Gasteiger partial charge in [-0.2, -0.15) is 0 Å². The van der Waals surface area contributed by atoms with E-state index in [9.17, 15) is 4.79 Å². The van der Waals surface area contributed by atoms with Crippen molar-refractivity contribution in [3.05, 3.63) is 95.6 Å². The number of carbonyl (C=O) groups is 1. The highest BCUT2D eigenvalue weighted by atomic mass is 16.2. The first kappa shape index (κ1) is 15.5. The van der Waals surface area contributed by atoms with E-state index < -0.39 is 0 Å². The summed E-state index contributed by atoms with van der Waals surface area (Å²) in [5, 5.41) is 3.53. The van der Waals surface area contributed by atoms with Crippen LogP contribution >= 0.6 is 0 Å². The molecule has 0 bridgehead atoms. The number of hydrogen-bond donors (Lipinski definition) is 1. The zero-order valence-electron chi connectivity index (χ0n) is 14.1. The molecule has 3 aromatic carbocycles. The lowest BCUT2D eigenvalue weighted by Crippen LogP contribution is -2.43. The van der Waals surface area contributed by atoms with Gasteiger partial charge >= 0.3 is 0 Å². The number of carbonyl (C=O) groups excluding carboxylic acids is 1. The van der Waals surface area contributed by atoms with Gasteiger partial charge in [0.15, 0.2) is 0 Å². The highest BCUT2D eigenvalue weighted by Crippen LogP contribution is 2.36. The Bertz CT molecular complexity index is 887. The third-order valence-corrected chi connectivity index (χ3v) is 4.66. The van der Waals surface area contributed by atoms with Gasteiger partial charge in [-0.15, -0.1) is 0 Å². The van der Waals surface area contributed by atoms with Crippen LogP contribution in [0.15, 0.2) is 78.9 Å². The summed E-state index contributed by atoms with van der Waals surface area (Å²) in [4.78, 5) is 15.0. The van der Waals surface area contributed by atoms with Crippen LogP contribution in [0, 0.1) is 0 Å². The Hall–Kier alpha value is -3.07. The lowest BCUT2D eigenvalue weighted by molar-refractivity contribution is 0.0975. The standard InChI is InChI=1S/C22H20N2O/c1-2-16-12-14-17(15-13-16)21-23-20-11-7-6-10-19(20)22(25)24(21)18-8-4-3-5-9-18/h3-15,21,23H,2H2,1H3/t21-/m0/s1. The van der Waals surface area contributed by atoms with Crippen LogP contribution in [0.5, 0.6) is 0 Å². The number of anilines is 2. The first-order valence-electron chi connectivity index (χ1n) is 8.61. The molecule has 0 spiro atoms. The van der Waals surface area contributed by atoms with E-state index in [1.807, 2.05) is 59.5 Å². The van der Waals surface area contributed by atoms with E-state index in [1.165, 1.54) is 5.56 Å². The van der Waals surface area contributed by atoms with Crippen molar-refractivity contribution < 1.29 is 4.79 Å². The van der Waals surface area contributed by atoms with Gasteiger partial charge in [0, 0.05) is 11.4 Å². The van der Waals surface area contributed by atoms with Crippen molar-refractivity contribution in [3.8, 4) is 0 Å². The molecule has 0 aliphatic carbocycles. The Morgan fingerprint density at radius 3 is 2.28 bits per heavy atom. The number of para-hydroxylation sites is 2. The summed E-state index contributed by atoms with van der Waals surface area (Å²) in [5.41, 5.74) is 4.83. The third kappa shape index (κ3) is 2.78. The molecule has 1 aliphatic rings. The summed E-state index contributed by atoms with van der Waals surface area (Å²) < 4.78 is 0. The van der Waals surface area contributed by atoms with E-state index in [0.717, 1.165) is 23.4 Å². The molecule has 1 heterocycles. The van der Waals surface area contributed by atoms with Gasteiger partial charge in [0.2, 0.25) is 0 Å². The highest BCUT2D eigenvalue weighted by Gasteiger charge is 2.33. The molecule has 0 radical (unpaired) electrons. The number of fused-ring (bicyclic) bond motifs is 1. The fraction of sp³-hybridized carbons (Fsp3) is 0.136. The Labute approximate surface area is 147 Å². The van der Waals surface area contributed by atoms with Crippen LogP contribution in [-0.4, -0.2) is 5.91 Å². The average Bonchev–Trinajstić information content (AvgIpc) is 2.69. The van der Waals surface area contributed by atoms with Gasteiger partial charge in [0.25, 0.3) is 5.91 Å². The second kappa shape index (κ2) is 6.44. The second-order valence-corrected chi connectivity index (χ2v) is 6.20. The van der Waals surface area contributed by atoms with Crippen LogP contribution in [0.4, 0.5) is 11.4 Å². The summed E-state index contributed by atoms with van der Waals surface area (Å²) in [6.45, 7) is 2.14. The van der Waals surface area contributed by atoms with Gasteiger partial charge in [-0.3, -0.25) is 9.69 Å². The molecule has 3 heteroatoms. The summed E-state index contributed by atoms with van der Waals surface area (Å²) >= 11 is 0. The SMILES string of the molecule is CCc1ccc([C@H]2Nc3ccccc3C(=O)N2c2ccccc2)cc1. The average molecular weight is 328 g/mol. The predicted molar refractivity (Wildman–Crippen MR) is 102 cm³/mol. The molecule has 3 aromatic rings. The topological polar surface area (TPSA) is 32.3 Å². The largest absolute Gasteiger partial charge is 0.360 e. The monoisotopic (exact) mass is 328 g/mol. The number of nitrogens with zero attached hydrogens (tertiary/aromatic N) is 1. The molecule has 3 nitrogen and oxygen atoms in total. The lowest BCUT2D eigenvalue weighted by Gasteiger charge is -2.38. The fourth-order valence-electron chi connectivity index (χ4n) is 3.28. The number of benzene rings is 3. The van der Waals surface area contributed by atoms with Gasteiger partial charge in [-0.05, 0) is 41.8 Å². The Morgan fingerprint density at radius 2 is 1.56 bits per heavy atom. The molecule has 1 amide bonds. The Kier molecular flexibility index (Phi) is 3.98. The minimum Gasteiger partial charge on any atom is -0.360 e. The van der Waals surface area contributed by atoms with Crippen molar-refractivity contribution in [2.75, 3.05) is 10.2 Å². The van der Waals surface area contributed by atoms with Crippen molar-refractivity contribution in [1.29, 1.82) is 0 Å². The summed E-state index contributed by atoms with van der Waals surface area (Å²) in [5.74, 6) is 0.0186. The van der Waals surface area contributed by atoms with E-state index in [4.69, 9.17) is 0 Å². The molecule has 1 N–H and O–H groups in total. The van der Waals surface area contributed by atoms with E-state index in [0.29, 0.717) is 5.56 Å². The number of aryl methyl sites for hydroxylation is 1. The molecule has 0 saturated carbocycles. The molecule has 0 fully saturated rings. The number of nitrogens with one attached hydrogen (secondary N) is 1. The van der Waals surface area contributed by atoms with Crippen LogP contribution in [0.25, 0.3) is 0 Å². The zero-order chi connectivity index (χ0) is 17.2. The van der Waals surface area contributed by atoms with Crippen LogP contribution in [0.2, 0.25) is 0 Å². The van der Waals surface area contributed by atoms with Crippen molar-refractivity contribution in [2.24, 2.45) is 0 Å². The third-order valence-electron chi connectivity index (χ3n) is 4.66. The van der Waals surface area contributed by atoms with E-state index >= 15 is 0 Å². The molecule has 0 aromatic heterocycles. The first-order valence-corrected chi connectivity index (χ1v) is 8.61. The maximum Gasteiger partial charge on any atom is 0.262 e. The molecular weight excluding hydrogens is 308 g/mol. The van der Waals surface area contributed by atoms with Gasteiger partial charge in [0.05, 0.1) is 5.56 Å². The van der Waals surface area contributed by atoms with Crippen LogP contribution in [0.3, 0.4) is 0 Å². The van der Waals surface area contributed by atoms with Crippen LogP contribution < -0.4 is 10.2 Å². The minimum atomic E-state index is -0.226. The van der Waals surface area contributed by atoms with Gasteiger partial charge in [-0.1, -0.05) is 61.5 Å². The van der Waals surface area contributed by atoms with Crippen molar-refractivity contribution >= 4 is 17.3 Å². The predicted octanol–water partition coefficient (Wildman–Crippen LogP) is 5.02. The second-order valence-electron chi connectivity index (χ2n) is 6.20.